The van der Waals surface area contributed by atoms with E-state index in [0.717, 1.165) is 25.7 Å². The second kappa shape index (κ2) is 4.72. The average Bonchev–Trinajstić information content (AvgIpc) is 2.62. The van der Waals surface area contributed by atoms with E-state index in [1.54, 1.807) is 13.8 Å². The first-order valence-electron chi connectivity index (χ1n) is 6.01. The summed E-state index contributed by atoms with van der Waals surface area (Å²) in [6.45, 7) is 5.34. The van der Waals surface area contributed by atoms with Crippen LogP contribution in [0.15, 0.2) is 0 Å². The Hall–Kier alpha value is -0.610. The molecule has 94 valence electrons. The molecule has 3 N–H and O–H groups in total. The van der Waals surface area contributed by atoms with Crippen LogP contribution in [0.1, 0.15) is 46.5 Å². The predicted molar refractivity (Wildman–Crippen MR) is 61.9 cm³/mol. The second-order valence-electron chi connectivity index (χ2n) is 5.42. The summed E-state index contributed by atoms with van der Waals surface area (Å²) >= 11 is 0. The molecule has 0 aromatic carbocycles. The number of hydrogen-bond acceptors (Lipinski definition) is 3. The van der Waals surface area contributed by atoms with E-state index < -0.39 is 17.1 Å². The molecule has 1 aliphatic rings. The molecule has 4 nitrogen and oxygen atoms in total. The molecule has 0 heterocycles. The van der Waals surface area contributed by atoms with Crippen LogP contribution >= 0.6 is 0 Å². The summed E-state index contributed by atoms with van der Waals surface area (Å²) in [7, 11) is 0. The Labute approximate surface area is 97.0 Å². The third-order valence-corrected chi connectivity index (χ3v) is 3.70. The van der Waals surface area contributed by atoms with Gasteiger partial charge >= 0.3 is 0 Å². The van der Waals surface area contributed by atoms with Gasteiger partial charge in [-0.25, -0.2) is 0 Å². The Morgan fingerprint density at radius 2 is 1.94 bits per heavy atom. The first-order valence-corrected chi connectivity index (χ1v) is 6.01. The van der Waals surface area contributed by atoms with Gasteiger partial charge in [0.25, 0.3) is 5.91 Å². The fourth-order valence-corrected chi connectivity index (χ4v) is 1.90. The monoisotopic (exact) mass is 229 g/mol. The molecule has 0 aliphatic heterocycles. The van der Waals surface area contributed by atoms with Crippen molar-refractivity contribution in [3.8, 4) is 0 Å². The molecule has 1 amide bonds. The zero-order chi connectivity index (χ0) is 12.4. The Balaban J connectivity index is 2.46. The standard InChI is InChI=1S/C12H23NO3/c1-9(2)11(3,15)10(14)13-8-12(16)6-4-5-7-12/h9,15-16H,4-8H2,1-3H3,(H,13,14). The maximum Gasteiger partial charge on any atom is 0.252 e. The number of carbonyl (C=O) groups is 1. The van der Waals surface area contributed by atoms with Crippen LogP contribution in [-0.4, -0.2) is 33.9 Å². The predicted octanol–water partition coefficient (Wildman–Crippen LogP) is 0.815. The third-order valence-electron chi connectivity index (χ3n) is 3.70. The molecule has 1 unspecified atom stereocenters. The van der Waals surface area contributed by atoms with Crippen molar-refractivity contribution in [3.05, 3.63) is 0 Å². The van der Waals surface area contributed by atoms with Crippen molar-refractivity contribution in [2.45, 2.75) is 57.7 Å². The number of nitrogens with one attached hydrogen (secondary N) is 1. The van der Waals surface area contributed by atoms with E-state index in [9.17, 15) is 15.0 Å². The van der Waals surface area contributed by atoms with E-state index in [1.807, 2.05) is 0 Å². The molecule has 0 radical (unpaired) electrons. The van der Waals surface area contributed by atoms with E-state index >= 15 is 0 Å². The number of amides is 1. The average molecular weight is 229 g/mol. The minimum absolute atomic E-state index is 0.147. The van der Waals surface area contributed by atoms with Gasteiger partial charge in [0.1, 0.15) is 5.60 Å². The largest absolute Gasteiger partial charge is 0.388 e. The minimum atomic E-state index is -1.37. The number of rotatable bonds is 4. The van der Waals surface area contributed by atoms with E-state index in [-0.39, 0.29) is 12.5 Å². The molecule has 1 rings (SSSR count). The van der Waals surface area contributed by atoms with E-state index in [4.69, 9.17) is 0 Å². The summed E-state index contributed by atoms with van der Waals surface area (Å²) in [5.74, 6) is -0.548. The Morgan fingerprint density at radius 3 is 2.38 bits per heavy atom. The lowest BCUT2D eigenvalue weighted by molar-refractivity contribution is -0.143. The fraction of sp³-hybridized carbons (Fsp3) is 0.917. The molecular formula is C12H23NO3. The maximum absolute atomic E-state index is 11.7. The van der Waals surface area contributed by atoms with Crippen molar-refractivity contribution in [1.82, 2.24) is 5.32 Å². The topological polar surface area (TPSA) is 69.6 Å². The van der Waals surface area contributed by atoms with Crippen LogP contribution in [0.5, 0.6) is 0 Å². The second-order valence-corrected chi connectivity index (χ2v) is 5.42. The van der Waals surface area contributed by atoms with Crippen LogP contribution in [0.25, 0.3) is 0 Å². The SMILES string of the molecule is CC(C)C(C)(O)C(=O)NCC1(O)CCCC1. The highest BCUT2D eigenvalue weighted by Gasteiger charge is 2.37. The highest BCUT2D eigenvalue weighted by atomic mass is 16.3. The molecule has 1 aliphatic carbocycles. The summed E-state index contributed by atoms with van der Waals surface area (Å²) < 4.78 is 0. The van der Waals surface area contributed by atoms with Gasteiger partial charge in [0, 0.05) is 6.54 Å². The molecule has 16 heavy (non-hydrogen) atoms. The Bertz CT molecular complexity index is 255. The lowest BCUT2D eigenvalue weighted by Gasteiger charge is -2.29. The summed E-state index contributed by atoms with van der Waals surface area (Å²) in [6, 6.07) is 0. The van der Waals surface area contributed by atoms with Gasteiger partial charge in [-0.3, -0.25) is 4.79 Å². The fourth-order valence-electron chi connectivity index (χ4n) is 1.90. The lowest BCUT2D eigenvalue weighted by atomic mass is 9.91. The Kier molecular flexibility index (Phi) is 3.97. The summed E-state index contributed by atoms with van der Waals surface area (Å²) in [4.78, 5) is 11.7. The molecule has 0 saturated heterocycles. The van der Waals surface area contributed by atoms with Crippen LogP contribution in [0.4, 0.5) is 0 Å². The van der Waals surface area contributed by atoms with Gasteiger partial charge in [-0.1, -0.05) is 26.7 Å². The zero-order valence-electron chi connectivity index (χ0n) is 10.4. The first-order chi connectivity index (χ1) is 7.28. The highest BCUT2D eigenvalue weighted by Crippen LogP contribution is 2.28. The van der Waals surface area contributed by atoms with E-state index in [0.29, 0.717) is 0 Å². The van der Waals surface area contributed by atoms with E-state index in [1.165, 1.54) is 6.92 Å². The van der Waals surface area contributed by atoms with Crippen LogP contribution in [0.3, 0.4) is 0 Å². The van der Waals surface area contributed by atoms with Gasteiger partial charge < -0.3 is 15.5 Å². The molecular weight excluding hydrogens is 206 g/mol. The van der Waals surface area contributed by atoms with Crippen molar-refractivity contribution >= 4 is 5.91 Å². The van der Waals surface area contributed by atoms with E-state index in [2.05, 4.69) is 5.32 Å². The molecule has 4 heteroatoms. The molecule has 0 aromatic rings. The zero-order valence-corrected chi connectivity index (χ0v) is 10.4. The van der Waals surface area contributed by atoms with Gasteiger partial charge in [-0.15, -0.1) is 0 Å². The molecule has 1 saturated carbocycles. The third kappa shape index (κ3) is 2.95. The maximum atomic E-state index is 11.7. The van der Waals surface area contributed by atoms with Crippen LogP contribution in [-0.2, 0) is 4.79 Å². The van der Waals surface area contributed by atoms with Gasteiger partial charge in [0.15, 0.2) is 0 Å². The van der Waals surface area contributed by atoms with Crippen molar-refractivity contribution < 1.29 is 15.0 Å². The molecule has 1 atom stereocenters. The van der Waals surface area contributed by atoms with Gasteiger partial charge in [0.2, 0.25) is 0 Å². The van der Waals surface area contributed by atoms with Crippen LogP contribution in [0, 0.1) is 5.92 Å². The van der Waals surface area contributed by atoms with Crippen molar-refractivity contribution in [1.29, 1.82) is 0 Å². The lowest BCUT2D eigenvalue weighted by Crippen LogP contribution is -2.52. The van der Waals surface area contributed by atoms with Crippen molar-refractivity contribution in [2.24, 2.45) is 5.92 Å². The summed E-state index contributed by atoms with van der Waals surface area (Å²) in [5.41, 5.74) is -2.13. The number of carbonyl (C=O) groups excluding carboxylic acids is 1. The molecule has 0 spiro atoms. The molecule has 1 fully saturated rings. The smallest absolute Gasteiger partial charge is 0.252 e. The Morgan fingerprint density at radius 1 is 1.44 bits per heavy atom. The van der Waals surface area contributed by atoms with Gasteiger partial charge in [0.05, 0.1) is 5.60 Å². The van der Waals surface area contributed by atoms with Gasteiger partial charge in [-0.2, -0.15) is 0 Å². The van der Waals surface area contributed by atoms with Crippen molar-refractivity contribution in [3.63, 3.8) is 0 Å². The van der Waals surface area contributed by atoms with Gasteiger partial charge in [-0.05, 0) is 25.7 Å². The van der Waals surface area contributed by atoms with Crippen LogP contribution in [0.2, 0.25) is 0 Å². The highest BCUT2D eigenvalue weighted by molar-refractivity contribution is 5.84. The quantitative estimate of drug-likeness (QED) is 0.668. The molecule has 0 bridgehead atoms. The number of hydrogen-bond donors (Lipinski definition) is 3. The number of aliphatic hydroxyl groups is 2. The summed E-state index contributed by atoms with van der Waals surface area (Å²) in [5, 5.41) is 22.6. The first kappa shape index (κ1) is 13.5. The van der Waals surface area contributed by atoms with Crippen LogP contribution < -0.4 is 5.32 Å². The normalized spacial score (nSPS) is 23.1. The minimum Gasteiger partial charge on any atom is -0.388 e. The van der Waals surface area contributed by atoms with Crippen molar-refractivity contribution in [2.75, 3.05) is 6.54 Å². The summed E-state index contributed by atoms with van der Waals surface area (Å²) in [6.07, 6.45) is 3.48. The molecule has 0 aromatic heterocycles.